The highest BCUT2D eigenvalue weighted by Crippen LogP contribution is 2.09. The van der Waals surface area contributed by atoms with Crippen LogP contribution in [-0.2, 0) is 11.3 Å². The van der Waals surface area contributed by atoms with E-state index in [1.165, 1.54) is 5.56 Å². The van der Waals surface area contributed by atoms with E-state index in [2.05, 4.69) is 25.6 Å². The molecule has 0 heterocycles. The summed E-state index contributed by atoms with van der Waals surface area (Å²) in [5.74, 6) is 0.598. The Kier molecular flexibility index (Phi) is 5.79. The lowest BCUT2D eigenvalue weighted by Gasteiger charge is -2.09. The summed E-state index contributed by atoms with van der Waals surface area (Å²) in [5, 5.41) is 0. The van der Waals surface area contributed by atoms with Crippen LogP contribution in [0, 0.1) is 5.92 Å². The van der Waals surface area contributed by atoms with Crippen molar-refractivity contribution >= 4 is 0 Å². The molecule has 1 nitrogen and oxygen atoms in total. The van der Waals surface area contributed by atoms with Crippen molar-refractivity contribution < 1.29 is 4.74 Å². The Balaban J connectivity index is 2.14. The van der Waals surface area contributed by atoms with Crippen LogP contribution in [0.3, 0.4) is 0 Å². The van der Waals surface area contributed by atoms with Crippen molar-refractivity contribution in [1.29, 1.82) is 0 Å². The highest BCUT2D eigenvalue weighted by molar-refractivity contribution is 5.13. The zero-order valence-corrected chi connectivity index (χ0v) is 9.49. The molecule has 0 aliphatic rings. The van der Waals surface area contributed by atoms with Gasteiger partial charge in [0.2, 0.25) is 0 Å². The lowest BCUT2D eigenvalue weighted by molar-refractivity contribution is 0.111. The standard InChI is InChI=1S/C14H20O/c1-3-13(4-2)10-11-15-12-14-8-6-5-7-9-14/h3,5-9,13H,1,4,10-12H2,2H3/t13-/m0/s1. The first kappa shape index (κ1) is 12.0. The lowest BCUT2D eigenvalue weighted by atomic mass is 10.0. The summed E-state index contributed by atoms with van der Waals surface area (Å²) in [5.41, 5.74) is 1.24. The van der Waals surface area contributed by atoms with Crippen LogP contribution < -0.4 is 0 Å². The van der Waals surface area contributed by atoms with Crippen LogP contribution in [0.5, 0.6) is 0 Å². The maximum atomic E-state index is 5.61. The molecular formula is C14H20O. The number of ether oxygens (including phenoxy) is 1. The van der Waals surface area contributed by atoms with Crippen LogP contribution in [0.4, 0.5) is 0 Å². The summed E-state index contributed by atoms with van der Waals surface area (Å²) in [7, 11) is 0. The van der Waals surface area contributed by atoms with Crippen molar-refractivity contribution in [1.82, 2.24) is 0 Å². The van der Waals surface area contributed by atoms with Gasteiger partial charge < -0.3 is 4.74 Å². The van der Waals surface area contributed by atoms with E-state index in [9.17, 15) is 0 Å². The van der Waals surface area contributed by atoms with Gasteiger partial charge in [0.1, 0.15) is 0 Å². The first-order valence-corrected chi connectivity index (χ1v) is 5.61. The third-order valence-corrected chi connectivity index (χ3v) is 2.60. The van der Waals surface area contributed by atoms with E-state index in [1.54, 1.807) is 0 Å². The van der Waals surface area contributed by atoms with E-state index in [0.717, 1.165) is 19.4 Å². The minimum Gasteiger partial charge on any atom is -0.377 e. The van der Waals surface area contributed by atoms with Crippen molar-refractivity contribution in [3.05, 3.63) is 48.6 Å². The van der Waals surface area contributed by atoms with Gasteiger partial charge in [-0.25, -0.2) is 0 Å². The van der Waals surface area contributed by atoms with Crippen molar-refractivity contribution in [2.24, 2.45) is 5.92 Å². The average Bonchev–Trinajstić information content (AvgIpc) is 2.31. The Hall–Kier alpha value is -1.08. The zero-order chi connectivity index (χ0) is 10.9. The van der Waals surface area contributed by atoms with Crippen LogP contribution in [0.2, 0.25) is 0 Å². The fourth-order valence-corrected chi connectivity index (χ4v) is 1.49. The van der Waals surface area contributed by atoms with Gasteiger partial charge in [0, 0.05) is 6.61 Å². The Morgan fingerprint density at radius 1 is 1.33 bits per heavy atom. The molecule has 0 aromatic heterocycles. The first-order valence-electron chi connectivity index (χ1n) is 5.61. The number of hydrogen-bond donors (Lipinski definition) is 0. The van der Waals surface area contributed by atoms with E-state index in [0.29, 0.717) is 12.5 Å². The van der Waals surface area contributed by atoms with Gasteiger partial charge in [0.05, 0.1) is 6.61 Å². The Labute approximate surface area is 92.8 Å². The molecule has 0 fully saturated rings. The Morgan fingerprint density at radius 3 is 2.67 bits per heavy atom. The predicted octanol–water partition coefficient (Wildman–Crippen LogP) is 3.81. The molecule has 82 valence electrons. The molecule has 0 saturated heterocycles. The minimum absolute atomic E-state index is 0.598. The van der Waals surface area contributed by atoms with Crippen LogP contribution in [0.15, 0.2) is 43.0 Å². The molecule has 15 heavy (non-hydrogen) atoms. The number of allylic oxidation sites excluding steroid dienone is 1. The number of benzene rings is 1. The molecule has 1 aromatic carbocycles. The fraction of sp³-hybridized carbons (Fsp3) is 0.429. The quantitative estimate of drug-likeness (QED) is 0.485. The van der Waals surface area contributed by atoms with Crippen LogP contribution in [0.25, 0.3) is 0 Å². The molecule has 0 unspecified atom stereocenters. The van der Waals surface area contributed by atoms with Crippen LogP contribution in [-0.4, -0.2) is 6.61 Å². The van der Waals surface area contributed by atoms with Crippen molar-refractivity contribution in [3.8, 4) is 0 Å². The highest BCUT2D eigenvalue weighted by Gasteiger charge is 2.00. The maximum absolute atomic E-state index is 5.61. The van der Waals surface area contributed by atoms with Gasteiger partial charge in [-0.05, 0) is 24.3 Å². The molecule has 0 N–H and O–H groups in total. The van der Waals surface area contributed by atoms with E-state index >= 15 is 0 Å². The van der Waals surface area contributed by atoms with Crippen molar-refractivity contribution in [2.75, 3.05) is 6.61 Å². The third kappa shape index (κ3) is 4.80. The molecule has 0 bridgehead atoms. The number of rotatable bonds is 7. The van der Waals surface area contributed by atoms with Gasteiger partial charge >= 0.3 is 0 Å². The summed E-state index contributed by atoms with van der Waals surface area (Å²) in [6.07, 6.45) is 4.25. The summed E-state index contributed by atoms with van der Waals surface area (Å²) in [6.45, 7) is 7.53. The molecule has 1 atom stereocenters. The smallest absolute Gasteiger partial charge is 0.0716 e. The fourth-order valence-electron chi connectivity index (χ4n) is 1.49. The molecule has 0 aliphatic heterocycles. The molecule has 1 rings (SSSR count). The Morgan fingerprint density at radius 2 is 2.07 bits per heavy atom. The molecule has 0 amide bonds. The lowest BCUT2D eigenvalue weighted by Crippen LogP contribution is -2.02. The van der Waals surface area contributed by atoms with Gasteiger partial charge in [-0.3, -0.25) is 0 Å². The van der Waals surface area contributed by atoms with E-state index < -0.39 is 0 Å². The first-order chi connectivity index (χ1) is 7.36. The van der Waals surface area contributed by atoms with Gasteiger partial charge in [-0.1, -0.05) is 43.3 Å². The second-order valence-electron chi connectivity index (χ2n) is 3.73. The summed E-state index contributed by atoms with van der Waals surface area (Å²) in [6, 6.07) is 10.3. The average molecular weight is 204 g/mol. The Bertz CT molecular complexity index is 266. The van der Waals surface area contributed by atoms with Gasteiger partial charge in [-0.2, -0.15) is 0 Å². The van der Waals surface area contributed by atoms with Gasteiger partial charge in [0.15, 0.2) is 0 Å². The second-order valence-corrected chi connectivity index (χ2v) is 3.73. The summed E-state index contributed by atoms with van der Waals surface area (Å²) >= 11 is 0. The normalized spacial score (nSPS) is 12.3. The third-order valence-electron chi connectivity index (χ3n) is 2.60. The SMILES string of the molecule is C=C[C@@H](CC)CCOCc1ccccc1. The molecular weight excluding hydrogens is 184 g/mol. The maximum Gasteiger partial charge on any atom is 0.0716 e. The van der Waals surface area contributed by atoms with E-state index in [1.807, 2.05) is 24.3 Å². The molecule has 1 aromatic rings. The van der Waals surface area contributed by atoms with Crippen molar-refractivity contribution in [2.45, 2.75) is 26.4 Å². The van der Waals surface area contributed by atoms with Crippen LogP contribution in [0.1, 0.15) is 25.3 Å². The molecule has 0 aliphatic carbocycles. The molecule has 1 heteroatoms. The minimum atomic E-state index is 0.598. The second kappa shape index (κ2) is 7.24. The van der Waals surface area contributed by atoms with Crippen LogP contribution >= 0.6 is 0 Å². The van der Waals surface area contributed by atoms with Crippen molar-refractivity contribution in [3.63, 3.8) is 0 Å². The molecule has 0 radical (unpaired) electrons. The summed E-state index contributed by atoms with van der Waals surface area (Å²) in [4.78, 5) is 0. The molecule has 0 saturated carbocycles. The zero-order valence-electron chi connectivity index (χ0n) is 9.49. The van der Waals surface area contributed by atoms with E-state index in [4.69, 9.17) is 4.74 Å². The largest absolute Gasteiger partial charge is 0.377 e. The number of hydrogen-bond acceptors (Lipinski definition) is 1. The van der Waals surface area contributed by atoms with Gasteiger partial charge in [0.25, 0.3) is 0 Å². The molecule has 0 spiro atoms. The topological polar surface area (TPSA) is 9.23 Å². The monoisotopic (exact) mass is 204 g/mol. The summed E-state index contributed by atoms with van der Waals surface area (Å²) < 4.78 is 5.61. The van der Waals surface area contributed by atoms with Gasteiger partial charge in [-0.15, -0.1) is 6.58 Å². The van der Waals surface area contributed by atoms with E-state index in [-0.39, 0.29) is 0 Å². The predicted molar refractivity (Wildman–Crippen MR) is 64.7 cm³/mol. The highest BCUT2D eigenvalue weighted by atomic mass is 16.5.